The van der Waals surface area contributed by atoms with Crippen LogP contribution in [0.5, 0.6) is 0 Å². The summed E-state index contributed by atoms with van der Waals surface area (Å²) in [4.78, 5) is 64.9. The number of halogens is 3. The number of carboxylic acids is 1. The quantitative estimate of drug-likeness (QED) is 0.314. The Kier molecular flexibility index (Phi) is 12.1. The molecule has 16 heteroatoms. The van der Waals surface area contributed by atoms with Gasteiger partial charge in [0.15, 0.2) is 0 Å². The SMILES string of the molecule is Cl.O=CCCC(CNCC(=O)O)N(C[C@H]1CN(c2ccc(N3CCOCC3=O)cc2F)C(=O)O1)C(=O)c1ccc(Cl)s1. The largest absolute Gasteiger partial charge is 0.480 e. The maximum atomic E-state index is 15.2. The monoisotopic (exact) mass is 646 g/mol. The minimum absolute atomic E-state index is 0. The summed E-state index contributed by atoms with van der Waals surface area (Å²) in [6.45, 7) is 0.0171. The number of aldehydes is 1. The van der Waals surface area contributed by atoms with Crippen LogP contribution in [-0.4, -0.2) is 98.3 Å². The van der Waals surface area contributed by atoms with Crippen molar-refractivity contribution in [3.8, 4) is 0 Å². The predicted octanol–water partition coefficient (Wildman–Crippen LogP) is 2.82. The van der Waals surface area contributed by atoms with E-state index in [1.807, 2.05) is 0 Å². The number of carbonyl (C=O) groups is 5. The Labute approximate surface area is 255 Å². The van der Waals surface area contributed by atoms with Crippen LogP contribution < -0.4 is 15.1 Å². The fourth-order valence-corrected chi connectivity index (χ4v) is 5.65. The molecule has 2 aromatic rings. The number of anilines is 2. The Morgan fingerprint density at radius 3 is 2.69 bits per heavy atom. The molecular formula is C26H29Cl2FN4O8S. The Bertz CT molecular complexity index is 1310. The van der Waals surface area contributed by atoms with Gasteiger partial charge in [-0.3, -0.25) is 19.3 Å². The van der Waals surface area contributed by atoms with Crippen LogP contribution in [0.15, 0.2) is 30.3 Å². The smallest absolute Gasteiger partial charge is 0.414 e. The number of hydrogen-bond acceptors (Lipinski definition) is 9. The van der Waals surface area contributed by atoms with E-state index in [2.05, 4.69) is 5.32 Å². The normalized spacial score (nSPS) is 17.4. The van der Waals surface area contributed by atoms with Crippen molar-refractivity contribution in [2.24, 2.45) is 0 Å². The third-order valence-corrected chi connectivity index (χ3v) is 7.77. The molecule has 1 aromatic heterocycles. The van der Waals surface area contributed by atoms with Crippen molar-refractivity contribution in [3.05, 3.63) is 45.4 Å². The molecule has 3 amide bonds. The Morgan fingerprint density at radius 2 is 2.05 bits per heavy atom. The lowest BCUT2D eigenvalue weighted by Gasteiger charge is -2.33. The average molecular weight is 648 g/mol. The van der Waals surface area contributed by atoms with Crippen molar-refractivity contribution < 1.29 is 42.9 Å². The molecule has 0 aliphatic carbocycles. The highest BCUT2D eigenvalue weighted by Gasteiger charge is 2.38. The summed E-state index contributed by atoms with van der Waals surface area (Å²) in [6, 6.07) is 6.57. The number of thiophene rings is 1. The summed E-state index contributed by atoms with van der Waals surface area (Å²) in [5.74, 6) is -2.56. The van der Waals surface area contributed by atoms with Crippen LogP contribution in [-0.2, 0) is 23.9 Å². The van der Waals surface area contributed by atoms with E-state index in [9.17, 15) is 24.0 Å². The molecule has 2 N–H and O–H groups in total. The molecule has 3 heterocycles. The molecule has 12 nitrogen and oxygen atoms in total. The van der Waals surface area contributed by atoms with Gasteiger partial charge in [-0.25, -0.2) is 9.18 Å². The van der Waals surface area contributed by atoms with Gasteiger partial charge in [-0.05, 0) is 36.8 Å². The first kappa shape index (κ1) is 33.2. The van der Waals surface area contributed by atoms with Gasteiger partial charge in [0.2, 0.25) is 0 Å². The molecule has 2 saturated heterocycles. The predicted molar refractivity (Wildman–Crippen MR) is 154 cm³/mol. The summed E-state index contributed by atoms with van der Waals surface area (Å²) in [7, 11) is 0. The lowest BCUT2D eigenvalue weighted by molar-refractivity contribution is -0.136. The second-order valence-corrected chi connectivity index (χ2v) is 11.0. The third kappa shape index (κ3) is 8.16. The lowest BCUT2D eigenvalue weighted by atomic mass is 10.1. The number of hydrogen-bond donors (Lipinski definition) is 2. The number of nitrogens with one attached hydrogen (secondary N) is 1. The first-order valence-corrected chi connectivity index (χ1v) is 14.0. The van der Waals surface area contributed by atoms with Crippen molar-refractivity contribution in [2.75, 3.05) is 55.7 Å². The number of carbonyl (C=O) groups excluding carboxylic acids is 4. The minimum Gasteiger partial charge on any atom is -0.480 e. The Balaban J connectivity index is 0.00000484. The van der Waals surface area contributed by atoms with E-state index >= 15 is 4.39 Å². The van der Waals surface area contributed by atoms with Crippen LogP contribution in [0, 0.1) is 5.82 Å². The number of carboxylic acid groups (broad SMARTS) is 1. The average Bonchev–Trinajstić information content (AvgIpc) is 3.54. The zero-order valence-corrected chi connectivity index (χ0v) is 24.6. The highest BCUT2D eigenvalue weighted by molar-refractivity contribution is 7.18. The molecule has 0 saturated carbocycles. The van der Waals surface area contributed by atoms with Crippen LogP contribution in [0.2, 0.25) is 4.34 Å². The Morgan fingerprint density at radius 1 is 1.26 bits per heavy atom. The van der Waals surface area contributed by atoms with E-state index in [0.717, 1.165) is 16.2 Å². The molecular weight excluding hydrogens is 618 g/mol. The van der Waals surface area contributed by atoms with Crippen molar-refractivity contribution in [1.29, 1.82) is 0 Å². The van der Waals surface area contributed by atoms with Crippen LogP contribution in [0.25, 0.3) is 0 Å². The zero-order chi connectivity index (χ0) is 29.5. The molecule has 1 unspecified atom stereocenters. The van der Waals surface area contributed by atoms with Crippen LogP contribution in [0.4, 0.5) is 20.6 Å². The van der Waals surface area contributed by atoms with Crippen molar-refractivity contribution in [3.63, 3.8) is 0 Å². The third-order valence-electron chi connectivity index (χ3n) is 6.55. The molecule has 2 fully saturated rings. The first-order valence-electron chi connectivity index (χ1n) is 12.8. The molecule has 4 rings (SSSR count). The molecule has 2 aliphatic rings. The second-order valence-electron chi connectivity index (χ2n) is 9.33. The number of nitrogens with zero attached hydrogens (tertiary/aromatic N) is 3. The van der Waals surface area contributed by atoms with Crippen LogP contribution in [0.1, 0.15) is 22.5 Å². The molecule has 42 heavy (non-hydrogen) atoms. The van der Waals surface area contributed by atoms with E-state index in [1.165, 1.54) is 28.0 Å². The van der Waals surface area contributed by atoms with E-state index in [0.29, 0.717) is 27.8 Å². The summed E-state index contributed by atoms with van der Waals surface area (Å²) < 4.78 is 26.2. The topological polar surface area (TPSA) is 146 Å². The van der Waals surface area contributed by atoms with Gasteiger partial charge in [0.1, 0.15) is 24.8 Å². The zero-order valence-electron chi connectivity index (χ0n) is 22.2. The Hall–Kier alpha value is -3.30. The van der Waals surface area contributed by atoms with Gasteiger partial charge in [-0.15, -0.1) is 23.7 Å². The van der Waals surface area contributed by atoms with Gasteiger partial charge in [-0.1, -0.05) is 11.6 Å². The van der Waals surface area contributed by atoms with Gasteiger partial charge in [0.25, 0.3) is 11.8 Å². The number of morpholine rings is 1. The standard InChI is InChI=1S/C26H28ClFN4O8S.ClH/c27-22-6-5-21(41-22)25(37)31(17(2-1-8-33)11-29-12-24(35)36)13-18-14-32(26(38)40-18)20-4-3-16(10-19(20)28)30-7-9-39-15-23(30)34;/h3-6,8,10,17-18,29H,1-2,7,9,11-15H2,(H,35,36);1H/t17?,18-;/m0./s1. The van der Waals surface area contributed by atoms with E-state index in [4.69, 9.17) is 26.2 Å². The summed E-state index contributed by atoms with van der Waals surface area (Å²) in [5, 5.41) is 11.8. The molecule has 228 valence electrons. The van der Waals surface area contributed by atoms with E-state index < -0.39 is 35.9 Å². The van der Waals surface area contributed by atoms with Crippen molar-refractivity contribution in [1.82, 2.24) is 10.2 Å². The maximum absolute atomic E-state index is 15.2. The fourth-order valence-electron chi connectivity index (χ4n) is 4.65. The lowest BCUT2D eigenvalue weighted by Crippen LogP contribution is -2.50. The van der Waals surface area contributed by atoms with Gasteiger partial charge in [0.05, 0.1) is 41.1 Å². The number of cyclic esters (lactones) is 1. The number of ether oxygens (including phenoxy) is 2. The second kappa shape index (κ2) is 15.3. The summed E-state index contributed by atoms with van der Waals surface area (Å²) >= 11 is 7.09. The van der Waals surface area contributed by atoms with E-state index in [-0.39, 0.29) is 76.2 Å². The van der Waals surface area contributed by atoms with Gasteiger partial charge >= 0.3 is 12.1 Å². The number of aliphatic carboxylic acids is 1. The summed E-state index contributed by atoms with van der Waals surface area (Å²) in [5.41, 5.74) is 0.285. The number of amides is 3. The van der Waals surface area contributed by atoms with Gasteiger partial charge in [-0.2, -0.15) is 0 Å². The molecule has 1 aromatic carbocycles. The maximum Gasteiger partial charge on any atom is 0.414 e. The molecule has 0 bridgehead atoms. The first-order chi connectivity index (χ1) is 19.7. The highest BCUT2D eigenvalue weighted by atomic mass is 35.5. The number of benzene rings is 1. The van der Waals surface area contributed by atoms with E-state index in [1.54, 1.807) is 12.1 Å². The fraction of sp³-hybridized carbons (Fsp3) is 0.423. The van der Waals surface area contributed by atoms with Gasteiger partial charge < -0.3 is 34.5 Å². The molecule has 0 spiro atoms. The van der Waals surface area contributed by atoms with Crippen LogP contribution in [0.3, 0.4) is 0 Å². The highest BCUT2D eigenvalue weighted by Crippen LogP contribution is 2.30. The van der Waals surface area contributed by atoms with Crippen molar-refractivity contribution >= 4 is 76.9 Å². The molecule has 2 aliphatic heterocycles. The number of rotatable bonds is 13. The summed E-state index contributed by atoms with van der Waals surface area (Å²) in [6.07, 6.45) is -0.650. The minimum atomic E-state index is -1.09. The van der Waals surface area contributed by atoms with Crippen molar-refractivity contribution in [2.45, 2.75) is 25.0 Å². The van der Waals surface area contributed by atoms with Crippen LogP contribution >= 0.6 is 35.3 Å². The molecule has 2 atom stereocenters. The van der Waals surface area contributed by atoms with Gasteiger partial charge in [0, 0.05) is 31.2 Å². The molecule has 0 radical (unpaired) electrons.